The highest BCUT2D eigenvalue weighted by Gasteiger charge is 2.65. The van der Waals surface area contributed by atoms with E-state index in [-0.39, 0.29) is 34.7 Å². The average molecular weight is 406 g/mol. The van der Waals surface area contributed by atoms with Gasteiger partial charge in [-0.25, -0.2) is 4.79 Å². The highest BCUT2D eigenvalue weighted by atomic mass is 16.5. The minimum Gasteiger partial charge on any atom is -0.461 e. The van der Waals surface area contributed by atoms with Gasteiger partial charge in [0.2, 0.25) is 0 Å². The van der Waals surface area contributed by atoms with Crippen molar-refractivity contribution in [1.82, 2.24) is 0 Å². The molecule has 0 aliphatic heterocycles. The molecule has 0 aromatic carbocycles. The standard InChI is InChI=1S/C24H39NO4/c1-5-29-20(27)19(25)24(28)13-12-23(4)17-9-11-22(3)16(6-7-18(22)26)15(17)8-10-21(23,2)14-24/h15-18,25-26,28H,5-14H2,1-4H3/t15-,16-,17-,18-,21+,22-,23+,24?/m0/s1. The lowest BCUT2D eigenvalue weighted by atomic mass is 9.39. The normalized spacial score (nSPS) is 51.5. The van der Waals surface area contributed by atoms with Crippen LogP contribution in [0.15, 0.2) is 0 Å². The molecule has 4 aliphatic carbocycles. The van der Waals surface area contributed by atoms with E-state index in [0.29, 0.717) is 30.6 Å². The molecule has 29 heavy (non-hydrogen) atoms. The van der Waals surface area contributed by atoms with Crippen molar-refractivity contribution in [2.24, 2.45) is 34.0 Å². The number of esters is 1. The molecule has 1 unspecified atom stereocenters. The van der Waals surface area contributed by atoms with Crippen molar-refractivity contribution in [2.45, 2.75) is 97.2 Å². The monoisotopic (exact) mass is 405 g/mol. The number of carbonyl (C=O) groups is 1. The molecule has 0 aromatic heterocycles. The molecule has 0 amide bonds. The second-order valence-corrected chi connectivity index (χ2v) is 11.3. The number of aliphatic hydroxyl groups excluding tert-OH is 1. The number of aliphatic hydroxyl groups is 2. The first-order chi connectivity index (χ1) is 13.5. The van der Waals surface area contributed by atoms with Crippen molar-refractivity contribution in [1.29, 1.82) is 5.41 Å². The lowest BCUT2D eigenvalue weighted by Crippen LogP contribution is -2.62. The van der Waals surface area contributed by atoms with E-state index in [2.05, 4.69) is 20.8 Å². The van der Waals surface area contributed by atoms with Gasteiger partial charge in [0.05, 0.1) is 12.7 Å². The summed E-state index contributed by atoms with van der Waals surface area (Å²) in [5.74, 6) is 1.19. The van der Waals surface area contributed by atoms with Crippen LogP contribution < -0.4 is 0 Å². The van der Waals surface area contributed by atoms with Gasteiger partial charge in [-0.2, -0.15) is 0 Å². The summed E-state index contributed by atoms with van der Waals surface area (Å²) in [4.78, 5) is 12.2. The Balaban J connectivity index is 1.59. The first-order valence-corrected chi connectivity index (χ1v) is 11.7. The molecular formula is C24H39NO4. The summed E-state index contributed by atoms with van der Waals surface area (Å²) in [5, 5.41) is 30.3. The third kappa shape index (κ3) is 2.86. The van der Waals surface area contributed by atoms with Crippen LogP contribution in [-0.2, 0) is 9.53 Å². The maximum absolute atomic E-state index is 12.2. The zero-order valence-corrected chi connectivity index (χ0v) is 18.6. The van der Waals surface area contributed by atoms with Gasteiger partial charge < -0.3 is 14.9 Å². The van der Waals surface area contributed by atoms with E-state index in [9.17, 15) is 15.0 Å². The highest BCUT2D eigenvalue weighted by Crippen LogP contribution is 2.70. The summed E-state index contributed by atoms with van der Waals surface area (Å²) >= 11 is 0. The SMILES string of the molecule is CCOC(=O)C(=N)C1(O)CC[C@]2(C)[C@H]3CC[C@]4(C)[C@@H](O)CC[C@H]4[C@@H]3CC[C@]2(C)C1. The Labute approximate surface area is 175 Å². The summed E-state index contributed by atoms with van der Waals surface area (Å²) in [5.41, 5.74) is -1.55. The molecule has 5 heteroatoms. The predicted molar refractivity (Wildman–Crippen MR) is 112 cm³/mol. The average Bonchev–Trinajstić information content (AvgIpc) is 2.97. The number of carbonyl (C=O) groups excluding carboxylic acids is 1. The number of hydrogen-bond donors (Lipinski definition) is 3. The molecule has 5 nitrogen and oxygen atoms in total. The molecule has 3 N–H and O–H groups in total. The maximum atomic E-state index is 12.2. The van der Waals surface area contributed by atoms with Gasteiger partial charge in [-0.1, -0.05) is 20.8 Å². The minimum atomic E-state index is -1.37. The predicted octanol–water partition coefficient (Wildman–Crippen LogP) is 4.09. The Morgan fingerprint density at radius 1 is 1.03 bits per heavy atom. The molecule has 0 aromatic rings. The van der Waals surface area contributed by atoms with Gasteiger partial charge in [0.15, 0.2) is 0 Å². The van der Waals surface area contributed by atoms with E-state index < -0.39 is 11.6 Å². The summed E-state index contributed by atoms with van der Waals surface area (Å²) in [6.07, 6.45) is 8.09. The third-order valence-electron chi connectivity index (χ3n) is 10.3. The van der Waals surface area contributed by atoms with Crippen molar-refractivity contribution >= 4 is 11.7 Å². The quantitative estimate of drug-likeness (QED) is 0.487. The Morgan fingerprint density at radius 2 is 1.76 bits per heavy atom. The van der Waals surface area contributed by atoms with Gasteiger partial charge in [0.1, 0.15) is 11.3 Å². The minimum absolute atomic E-state index is 0.0761. The van der Waals surface area contributed by atoms with Gasteiger partial charge in [-0.3, -0.25) is 5.41 Å². The van der Waals surface area contributed by atoms with Crippen LogP contribution in [0.1, 0.15) is 85.5 Å². The van der Waals surface area contributed by atoms with Crippen LogP contribution in [0, 0.1) is 39.4 Å². The van der Waals surface area contributed by atoms with E-state index in [0.717, 1.165) is 44.9 Å². The number of hydrogen-bond acceptors (Lipinski definition) is 5. The molecule has 4 aliphatic rings. The van der Waals surface area contributed by atoms with Crippen LogP contribution in [0.5, 0.6) is 0 Å². The van der Waals surface area contributed by atoms with Gasteiger partial charge in [0.25, 0.3) is 0 Å². The molecule has 0 heterocycles. The summed E-state index contributed by atoms with van der Waals surface area (Å²) in [7, 11) is 0. The fourth-order valence-electron chi connectivity index (χ4n) is 8.26. The Hall–Kier alpha value is -0.940. The molecule has 0 spiro atoms. The van der Waals surface area contributed by atoms with E-state index in [1.165, 1.54) is 0 Å². The largest absolute Gasteiger partial charge is 0.461 e. The topological polar surface area (TPSA) is 90.6 Å². The number of rotatable bonds is 3. The highest BCUT2D eigenvalue weighted by molar-refractivity contribution is 6.38. The summed E-state index contributed by atoms with van der Waals surface area (Å²) in [6, 6.07) is 0. The molecule has 0 bridgehead atoms. The molecule has 4 rings (SSSR count). The molecular weight excluding hydrogens is 366 g/mol. The summed E-state index contributed by atoms with van der Waals surface area (Å²) < 4.78 is 5.02. The van der Waals surface area contributed by atoms with Crippen LogP contribution >= 0.6 is 0 Å². The van der Waals surface area contributed by atoms with Crippen molar-refractivity contribution < 1.29 is 19.7 Å². The number of ether oxygens (including phenoxy) is 1. The zero-order chi connectivity index (χ0) is 21.2. The summed E-state index contributed by atoms with van der Waals surface area (Å²) in [6.45, 7) is 8.95. The Bertz CT molecular complexity index is 709. The van der Waals surface area contributed by atoms with Crippen LogP contribution in [0.3, 0.4) is 0 Å². The molecule has 4 fully saturated rings. The fraction of sp³-hybridized carbons (Fsp3) is 0.917. The smallest absolute Gasteiger partial charge is 0.354 e. The molecule has 8 atom stereocenters. The van der Waals surface area contributed by atoms with Crippen LogP contribution in [-0.4, -0.2) is 40.2 Å². The van der Waals surface area contributed by atoms with Crippen molar-refractivity contribution in [3.8, 4) is 0 Å². The van der Waals surface area contributed by atoms with E-state index >= 15 is 0 Å². The molecule has 0 saturated heterocycles. The Morgan fingerprint density at radius 3 is 2.45 bits per heavy atom. The Kier molecular flexibility index (Phi) is 4.98. The molecule has 4 saturated carbocycles. The maximum Gasteiger partial charge on any atom is 0.354 e. The number of fused-ring (bicyclic) bond motifs is 5. The van der Waals surface area contributed by atoms with E-state index in [1.807, 2.05) is 0 Å². The second kappa shape index (κ2) is 6.78. The molecule has 164 valence electrons. The van der Waals surface area contributed by atoms with Crippen molar-refractivity contribution in [3.05, 3.63) is 0 Å². The van der Waals surface area contributed by atoms with Crippen LogP contribution in [0.2, 0.25) is 0 Å². The lowest BCUT2D eigenvalue weighted by Gasteiger charge is -2.66. The van der Waals surface area contributed by atoms with Gasteiger partial charge in [-0.05, 0) is 98.7 Å². The van der Waals surface area contributed by atoms with Crippen LogP contribution in [0.4, 0.5) is 0 Å². The first-order valence-electron chi connectivity index (χ1n) is 11.7. The van der Waals surface area contributed by atoms with Gasteiger partial charge in [0, 0.05) is 0 Å². The van der Waals surface area contributed by atoms with E-state index in [1.54, 1.807) is 6.92 Å². The van der Waals surface area contributed by atoms with E-state index in [4.69, 9.17) is 10.1 Å². The molecule has 0 radical (unpaired) electrons. The zero-order valence-electron chi connectivity index (χ0n) is 18.6. The lowest BCUT2D eigenvalue weighted by molar-refractivity contribution is -0.183. The van der Waals surface area contributed by atoms with Crippen molar-refractivity contribution in [3.63, 3.8) is 0 Å². The first kappa shape index (κ1) is 21.3. The fourth-order valence-corrected chi connectivity index (χ4v) is 8.26. The number of nitrogens with one attached hydrogen (secondary N) is 1. The third-order valence-corrected chi connectivity index (χ3v) is 10.3. The van der Waals surface area contributed by atoms with Crippen LogP contribution in [0.25, 0.3) is 0 Å². The van der Waals surface area contributed by atoms with Gasteiger partial charge in [-0.15, -0.1) is 0 Å². The van der Waals surface area contributed by atoms with Crippen molar-refractivity contribution in [2.75, 3.05) is 6.61 Å². The van der Waals surface area contributed by atoms with Gasteiger partial charge >= 0.3 is 5.97 Å². The second-order valence-electron chi connectivity index (χ2n) is 11.3.